The second-order valence-electron chi connectivity index (χ2n) is 4.71. The lowest BCUT2D eigenvalue weighted by molar-refractivity contribution is 0.0925. The molecule has 1 aliphatic heterocycles. The molecule has 20 heavy (non-hydrogen) atoms. The predicted molar refractivity (Wildman–Crippen MR) is 80.9 cm³/mol. The van der Waals surface area contributed by atoms with E-state index in [9.17, 15) is 4.79 Å². The molecule has 3 nitrogen and oxygen atoms in total. The topological polar surface area (TPSA) is 38.3 Å². The zero-order valence-corrected chi connectivity index (χ0v) is 12.4. The molecule has 0 aromatic heterocycles. The van der Waals surface area contributed by atoms with Gasteiger partial charge in [0.25, 0.3) is 5.91 Å². The molecule has 1 N–H and O–H groups in total. The number of fused-ring (bicyclic) bond motifs is 1. The van der Waals surface area contributed by atoms with Gasteiger partial charge in [0.1, 0.15) is 5.75 Å². The van der Waals surface area contributed by atoms with E-state index in [4.69, 9.17) is 4.74 Å². The molecule has 0 radical (unpaired) electrons. The first-order valence-corrected chi connectivity index (χ1v) is 7.31. The Morgan fingerprint density at radius 1 is 1.15 bits per heavy atom. The van der Waals surface area contributed by atoms with Crippen molar-refractivity contribution in [3.05, 3.63) is 64.1 Å². The minimum Gasteiger partial charge on any atom is -0.493 e. The summed E-state index contributed by atoms with van der Waals surface area (Å²) in [6, 6.07) is 15.2. The van der Waals surface area contributed by atoms with Gasteiger partial charge in [-0.1, -0.05) is 34.1 Å². The summed E-state index contributed by atoms with van der Waals surface area (Å²) in [7, 11) is 0. The highest BCUT2D eigenvalue weighted by Gasteiger charge is 2.22. The predicted octanol–water partition coefficient (Wildman–Crippen LogP) is 3.70. The SMILES string of the molecule is O=C(N[C@@H]1CCOc2ccccc21)c1ccc(Br)cc1. The second-order valence-corrected chi connectivity index (χ2v) is 5.62. The highest BCUT2D eigenvalue weighted by Crippen LogP contribution is 2.31. The Morgan fingerprint density at radius 3 is 2.70 bits per heavy atom. The Kier molecular flexibility index (Phi) is 3.74. The summed E-state index contributed by atoms with van der Waals surface area (Å²) in [4.78, 5) is 12.3. The van der Waals surface area contributed by atoms with E-state index in [1.165, 1.54) is 0 Å². The van der Waals surface area contributed by atoms with Crippen molar-refractivity contribution in [1.29, 1.82) is 0 Å². The van der Waals surface area contributed by atoms with Gasteiger partial charge in [-0.05, 0) is 30.3 Å². The van der Waals surface area contributed by atoms with Crippen molar-refractivity contribution in [2.24, 2.45) is 0 Å². The van der Waals surface area contributed by atoms with E-state index in [-0.39, 0.29) is 11.9 Å². The van der Waals surface area contributed by atoms with Crippen molar-refractivity contribution in [2.45, 2.75) is 12.5 Å². The molecule has 0 saturated carbocycles. The third kappa shape index (κ3) is 2.70. The third-order valence-corrected chi connectivity index (χ3v) is 3.90. The number of amides is 1. The van der Waals surface area contributed by atoms with Crippen molar-refractivity contribution in [3.63, 3.8) is 0 Å². The maximum absolute atomic E-state index is 12.3. The van der Waals surface area contributed by atoms with Gasteiger partial charge < -0.3 is 10.1 Å². The van der Waals surface area contributed by atoms with Crippen LogP contribution in [0.2, 0.25) is 0 Å². The van der Waals surface area contributed by atoms with Gasteiger partial charge in [0.15, 0.2) is 0 Å². The normalized spacial score (nSPS) is 16.9. The molecule has 2 aromatic carbocycles. The van der Waals surface area contributed by atoms with E-state index in [1.807, 2.05) is 48.5 Å². The Balaban J connectivity index is 1.79. The second kappa shape index (κ2) is 5.67. The monoisotopic (exact) mass is 331 g/mol. The summed E-state index contributed by atoms with van der Waals surface area (Å²) < 4.78 is 6.56. The molecule has 0 spiro atoms. The summed E-state index contributed by atoms with van der Waals surface area (Å²) in [6.45, 7) is 0.627. The van der Waals surface area contributed by atoms with Crippen molar-refractivity contribution in [2.75, 3.05) is 6.61 Å². The van der Waals surface area contributed by atoms with Crippen LogP contribution in [-0.2, 0) is 0 Å². The van der Waals surface area contributed by atoms with E-state index < -0.39 is 0 Å². The number of para-hydroxylation sites is 1. The fourth-order valence-electron chi connectivity index (χ4n) is 2.33. The summed E-state index contributed by atoms with van der Waals surface area (Å²) in [5, 5.41) is 3.08. The molecule has 0 unspecified atom stereocenters. The molecule has 1 atom stereocenters. The minimum absolute atomic E-state index is 0.0103. The molecule has 1 aliphatic rings. The first kappa shape index (κ1) is 13.2. The van der Waals surface area contributed by atoms with Gasteiger partial charge in [0.05, 0.1) is 12.6 Å². The molecule has 0 aliphatic carbocycles. The number of hydrogen-bond acceptors (Lipinski definition) is 2. The highest BCUT2D eigenvalue weighted by molar-refractivity contribution is 9.10. The Labute approximate surface area is 126 Å². The average molecular weight is 332 g/mol. The number of carbonyl (C=O) groups excluding carboxylic acids is 1. The molecule has 2 aromatic rings. The first-order chi connectivity index (χ1) is 9.74. The number of hydrogen-bond donors (Lipinski definition) is 1. The van der Waals surface area contributed by atoms with Crippen molar-refractivity contribution in [3.8, 4) is 5.75 Å². The average Bonchev–Trinajstić information content (AvgIpc) is 2.48. The van der Waals surface area contributed by atoms with Gasteiger partial charge in [0, 0.05) is 22.0 Å². The van der Waals surface area contributed by atoms with Crippen LogP contribution in [0.25, 0.3) is 0 Å². The fourth-order valence-corrected chi connectivity index (χ4v) is 2.60. The molecule has 102 valence electrons. The lowest BCUT2D eigenvalue weighted by Gasteiger charge is -2.26. The zero-order chi connectivity index (χ0) is 13.9. The molecular formula is C16H14BrNO2. The van der Waals surface area contributed by atoms with Crippen LogP contribution < -0.4 is 10.1 Å². The number of nitrogens with one attached hydrogen (secondary N) is 1. The van der Waals surface area contributed by atoms with Gasteiger partial charge in [-0.25, -0.2) is 0 Å². The maximum Gasteiger partial charge on any atom is 0.251 e. The molecule has 0 bridgehead atoms. The van der Waals surface area contributed by atoms with Gasteiger partial charge >= 0.3 is 0 Å². The lowest BCUT2D eigenvalue weighted by atomic mass is 10.00. The summed E-state index contributed by atoms with van der Waals surface area (Å²) in [5.41, 5.74) is 1.71. The molecular weight excluding hydrogens is 318 g/mol. The molecule has 1 amide bonds. The summed E-state index contributed by atoms with van der Waals surface area (Å²) >= 11 is 3.37. The zero-order valence-electron chi connectivity index (χ0n) is 10.8. The van der Waals surface area contributed by atoms with Crippen molar-refractivity contribution >= 4 is 21.8 Å². The van der Waals surface area contributed by atoms with Crippen LogP contribution in [0, 0.1) is 0 Å². The van der Waals surface area contributed by atoms with Crippen LogP contribution in [-0.4, -0.2) is 12.5 Å². The minimum atomic E-state index is -0.0563. The number of rotatable bonds is 2. The highest BCUT2D eigenvalue weighted by atomic mass is 79.9. The Morgan fingerprint density at radius 2 is 1.90 bits per heavy atom. The van der Waals surface area contributed by atoms with E-state index in [0.717, 1.165) is 22.2 Å². The Bertz CT molecular complexity index is 625. The van der Waals surface area contributed by atoms with Crippen LogP contribution in [0.15, 0.2) is 53.0 Å². The van der Waals surface area contributed by atoms with E-state index in [2.05, 4.69) is 21.2 Å². The van der Waals surface area contributed by atoms with Gasteiger partial charge in [0.2, 0.25) is 0 Å². The molecule has 0 fully saturated rings. The van der Waals surface area contributed by atoms with Gasteiger partial charge in [-0.2, -0.15) is 0 Å². The lowest BCUT2D eigenvalue weighted by Crippen LogP contribution is -2.32. The van der Waals surface area contributed by atoms with Crippen LogP contribution in [0.5, 0.6) is 5.75 Å². The summed E-state index contributed by atoms with van der Waals surface area (Å²) in [5.74, 6) is 0.805. The van der Waals surface area contributed by atoms with Gasteiger partial charge in [-0.3, -0.25) is 4.79 Å². The smallest absolute Gasteiger partial charge is 0.251 e. The van der Waals surface area contributed by atoms with E-state index >= 15 is 0 Å². The number of benzene rings is 2. The molecule has 0 saturated heterocycles. The molecule has 4 heteroatoms. The summed E-state index contributed by atoms with van der Waals surface area (Å²) in [6.07, 6.45) is 0.791. The number of halogens is 1. The van der Waals surface area contributed by atoms with Crippen molar-refractivity contribution < 1.29 is 9.53 Å². The van der Waals surface area contributed by atoms with E-state index in [1.54, 1.807) is 0 Å². The largest absolute Gasteiger partial charge is 0.493 e. The Hall–Kier alpha value is -1.81. The fraction of sp³-hybridized carbons (Fsp3) is 0.188. The quantitative estimate of drug-likeness (QED) is 0.911. The standard InChI is InChI=1S/C16H14BrNO2/c17-12-7-5-11(6-8-12)16(19)18-14-9-10-20-15-4-2-1-3-13(14)15/h1-8,14H,9-10H2,(H,18,19)/t14-/m1/s1. The van der Waals surface area contributed by atoms with Gasteiger partial charge in [-0.15, -0.1) is 0 Å². The molecule has 3 rings (SSSR count). The third-order valence-electron chi connectivity index (χ3n) is 3.37. The van der Waals surface area contributed by atoms with Crippen molar-refractivity contribution in [1.82, 2.24) is 5.32 Å². The maximum atomic E-state index is 12.3. The van der Waals surface area contributed by atoms with Crippen LogP contribution in [0.3, 0.4) is 0 Å². The number of ether oxygens (including phenoxy) is 1. The van der Waals surface area contributed by atoms with Crippen LogP contribution in [0.4, 0.5) is 0 Å². The van der Waals surface area contributed by atoms with E-state index in [0.29, 0.717) is 12.2 Å². The molecule has 1 heterocycles. The first-order valence-electron chi connectivity index (χ1n) is 6.52. The van der Waals surface area contributed by atoms with Crippen LogP contribution >= 0.6 is 15.9 Å². The number of carbonyl (C=O) groups is 1. The van der Waals surface area contributed by atoms with Crippen LogP contribution in [0.1, 0.15) is 28.4 Å².